The van der Waals surface area contributed by atoms with Gasteiger partial charge in [-0.2, -0.15) is 13.2 Å². The van der Waals surface area contributed by atoms with Crippen molar-refractivity contribution in [3.8, 4) is 5.88 Å². The SMILES string of the molecule is COc1ccc(N2CCC(C(N)=C3C(=N)NC(=O)CC3(O)C(F)(F)F)CC2)cn1. The Morgan fingerprint density at radius 2 is 2.07 bits per heavy atom. The van der Waals surface area contributed by atoms with E-state index in [1.54, 1.807) is 12.3 Å². The van der Waals surface area contributed by atoms with Crippen LogP contribution in [0.1, 0.15) is 19.3 Å². The second kappa shape index (κ2) is 7.54. The molecule has 0 saturated carbocycles. The first-order valence-electron chi connectivity index (χ1n) is 9.00. The highest BCUT2D eigenvalue weighted by Crippen LogP contribution is 2.43. The molecule has 1 atom stereocenters. The van der Waals surface area contributed by atoms with Crippen LogP contribution in [0.4, 0.5) is 18.9 Å². The highest BCUT2D eigenvalue weighted by atomic mass is 19.4. The summed E-state index contributed by atoms with van der Waals surface area (Å²) in [5.74, 6) is -1.87. The van der Waals surface area contributed by atoms with Crippen molar-refractivity contribution >= 4 is 17.4 Å². The van der Waals surface area contributed by atoms with Gasteiger partial charge in [0.2, 0.25) is 11.8 Å². The lowest BCUT2D eigenvalue weighted by Gasteiger charge is -2.39. The van der Waals surface area contributed by atoms with Crippen LogP contribution in [0, 0.1) is 11.3 Å². The van der Waals surface area contributed by atoms with Gasteiger partial charge in [-0.3, -0.25) is 10.2 Å². The molecule has 0 spiro atoms. The normalized spacial score (nSPS) is 25.6. The number of carbonyl (C=O) groups is 1. The number of nitrogens with one attached hydrogen (secondary N) is 2. The Bertz CT molecular complexity index is 832. The van der Waals surface area contributed by atoms with Crippen molar-refractivity contribution in [1.29, 1.82) is 5.41 Å². The second-order valence-corrected chi connectivity index (χ2v) is 7.11. The van der Waals surface area contributed by atoms with Gasteiger partial charge in [0.05, 0.1) is 31.0 Å². The van der Waals surface area contributed by atoms with Crippen molar-refractivity contribution in [2.45, 2.75) is 31.0 Å². The van der Waals surface area contributed by atoms with E-state index in [4.69, 9.17) is 15.9 Å². The summed E-state index contributed by atoms with van der Waals surface area (Å²) in [7, 11) is 1.51. The van der Waals surface area contributed by atoms with Crippen LogP contribution in [0.25, 0.3) is 0 Å². The molecule has 158 valence electrons. The number of amidine groups is 1. The molecule has 0 aliphatic carbocycles. The van der Waals surface area contributed by atoms with Gasteiger partial charge in [0.25, 0.3) is 0 Å². The highest BCUT2D eigenvalue weighted by Gasteiger charge is 2.61. The average molecular weight is 413 g/mol. The summed E-state index contributed by atoms with van der Waals surface area (Å²) < 4.78 is 45.7. The summed E-state index contributed by atoms with van der Waals surface area (Å²) in [6.45, 7) is 1.02. The van der Waals surface area contributed by atoms with Crippen LogP contribution in [-0.2, 0) is 4.79 Å². The third-order valence-corrected chi connectivity index (χ3v) is 5.33. The number of nitrogens with two attached hydrogens (primary N) is 1. The van der Waals surface area contributed by atoms with Crippen molar-refractivity contribution in [2.24, 2.45) is 11.7 Å². The van der Waals surface area contributed by atoms with Gasteiger partial charge in [-0.25, -0.2) is 4.98 Å². The third kappa shape index (κ3) is 3.86. The summed E-state index contributed by atoms with van der Waals surface area (Å²) in [4.78, 5) is 17.7. The number of aliphatic hydroxyl groups is 1. The molecular weight excluding hydrogens is 391 g/mol. The average Bonchev–Trinajstić information content (AvgIpc) is 2.66. The van der Waals surface area contributed by atoms with Gasteiger partial charge < -0.3 is 25.8 Å². The largest absolute Gasteiger partial charge is 0.481 e. The zero-order valence-electron chi connectivity index (χ0n) is 15.7. The van der Waals surface area contributed by atoms with E-state index in [-0.39, 0.29) is 5.70 Å². The van der Waals surface area contributed by atoms with Crippen LogP contribution >= 0.6 is 0 Å². The molecule has 2 saturated heterocycles. The molecule has 1 aromatic heterocycles. The Morgan fingerprint density at radius 3 is 2.59 bits per heavy atom. The summed E-state index contributed by atoms with van der Waals surface area (Å²) >= 11 is 0. The van der Waals surface area contributed by atoms with Crippen molar-refractivity contribution in [3.63, 3.8) is 0 Å². The number of allylic oxidation sites excluding steroid dienone is 1. The van der Waals surface area contributed by atoms with Gasteiger partial charge in [-0.05, 0) is 18.9 Å². The van der Waals surface area contributed by atoms with Gasteiger partial charge in [0, 0.05) is 30.8 Å². The van der Waals surface area contributed by atoms with Gasteiger partial charge in [0.1, 0.15) is 5.84 Å². The summed E-state index contributed by atoms with van der Waals surface area (Å²) in [5.41, 5.74) is 2.45. The maximum absolute atomic E-state index is 13.6. The molecule has 2 aliphatic rings. The van der Waals surface area contributed by atoms with E-state index in [2.05, 4.69) is 4.98 Å². The number of alkyl halides is 3. The smallest absolute Gasteiger partial charge is 0.422 e. The summed E-state index contributed by atoms with van der Waals surface area (Å²) in [5, 5.41) is 20.1. The fraction of sp³-hybridized carbons (Fsp3) is 0.500. The molecule has 3 heterocycles. The lowest BCUT2D eigenvalue weighted by molar-refractivity contribution is -0.244. The van der Waals surface area contributed by atoms with E-state index in [1.165, 1.54) is 7.11 Å². The minimum atomic E-state index is -5.13. The number of anilines is 1. The highest BCUT2D eigenvalue weighted by molar-refractivity contribution is 6.11. The molecular formula is C18H22F3N5O3. The van der Waals surface area contributed by atoms with Crippen molar-refractivity contribution < 1.29 is 27.8 Å². The number of piperidine rings is 2. The monoisotopic (exact) mass is 413 g/mol. The zero-order chi connectivity index (χ0) is 21.4. The predicted octanol–water partition coefficient (Wildman–Crippen LogP) is 1.31. The first kappa shape index (κ1) is 20.9. The van der Waals surface area contributed by atoms with Crippen molar-refractivity contribution in [2.75, 3.05) is 25.1 Å². The molecule has 0 radical (unpaired) electrons. The van der Waals surface area contributed by atoms with E-state index in [0.29, 0.717) is 31.8 Å². The molecule has 29 heavy (non-hydrogen) atoms. The molecule has 2 aliphatic heterocycles. The quantitative estimate of drug-likeness (QED) is 0.592. The lowest BCUT2D eigenvalue weighted by atomic mass is 9.79. The molecule has 1 amide bonds. The van der Waals surface area contributed by atoms with E-state index < -0.39 is 41.4 Å². The number of nitrogens with zero attached hydrogens (tertiary/aromatic N) is 2. The van der Waals surface area contributed by atoms with Crippen molar-refractivity contribution in [1.82, 2.24) is 10.3 Å². The predicted molar refractivity (Wildman–Crippen MR) is 98.4 cm³/mol. The van der Waals surface area contributed by atoms with Crippen LogP contribution in [0.15, 0.2) is 29.6 Å². The number of ether oxygens (including phenoxy) is 1. The maximum atomic E-state index is 13.6. The number of hydrogen-bond acceptors (Lipinski definition) is 7. The summed E-state index contributed by atoms with van der Waals surface area (Å²) in [6.07, 6.45) is -3.85. The van der Waals surface area contributed by atoms with E-state index in [1.807, 2.05) is 16.3 Å². The topological polar surface area (TPSA) is 125 Å². The first-order valence-corrected chi connectivity index (χ1v) is 9.00. The van der Waals surface area contributed by atoms with Crippen LogP contribution in [-0.4, -0.2) is 53.8 Å². The molecule has 1 unspecified atom stereocenters. The number of hydrogen-bond donors (Lipinski definition) is 4. The van der Waals surface area contributed by atoms with Gasteiger partial charge in [-0.1, -0.05) is 0 Å². The molecule has 8 nitrogen and oxygen atoms in total. The maximum Gasteiger partial charge on any atom is 0.422 e. The van der Waals surface area contributed by atoms with Crippen LogP contribution in [0.3, 0.4) is 0 Å². The molecule has 3 rings (SSSR count). The number of pyridine rings is 1. The third-order valence-electron chi connectivity index (χ3n) is 5.33. The number of methoxy groups -OCH3 is 1. The molecule has 2 fully saturated rings. The Kier molecular flexibility index (Phi) is 5.44. The van der Waals surface area contributed by atoms with Crippen molar-refractivity contribution in [3.05, 3.63) is 29.6 Å². The Labute approximate surface area is 165 Å². The lowest BCUT2D eigenvalue weighted by Crippen LogP contribution is -2.59. The molecule has 0 aromatic carbocycles. The zero-order valence-corrected chi connectivity index (χ0v) is 15.7. The number of rotatable bonds is 3. The summed E-state index contributed by atoms with van der Waals surface area (Å²) in [6, 6.07) is 3.55. The number of carbonyl (C=O) groups excluding carboxylic acids is 1. The van der Waals surface area contributed by atoms with E-state index in [0.717, 1.165) is 5.69 Å². The second-order valence-electron chi connectivity index (χ2n) is 7.11. The van der Waals surface area contributed by atoms with Crippen LogP contribution in [0.2, 0.25) is 0 Å². The number of amides is 1. The Balaban J connectivity index is 1.81. The number of aromatic nitrogens is 1. The standard InChI is InChI=1S/C18H22F3N5O3/c1-29-13-3-2-11(9-24-13)26-6-4-10(5-7-26)15(22)14-16(23)25-12(27)8-17(14,28)18(19,20)21/h2-3,9-10,28H,4-8,22H2,1H3,(H2,23,25,27). The fourth-order valence-corrected chi connectivity index (χ4v) is 3.73. The first-order chi connectivity index (χ1) is 13.6. The molecule has 5 N–H and O–H groups in total. The van der Waals surface area contributed by atoms with Crippen LogP contribution in [0.5, 0.6) is 5.88 Å². The molecule has 1 aromatic rings. The van der Waals surface area contributed by atoms with Gasteiger partial charge in [0.15, 0.2) is 5.60 Å². The van der Waals surface area contributed by atoms with E-state index >= 15 is 0 Å². The Morgan fingerprint density at radius 1 is 1.41 bits per heavy atom. The minimum absolute atomic E-state index is 0.206. The fourth-order valence-electron chi connectivity index (χ4n) is 3.73. The van der Waals surface area contributed by atoms with Crippen LogP contribution < -0.4 is 20.7 Å². The van der Waals surface area contributed by atoms with Gasteiger partial charge in [-0.15, -0.1) is 0 Å². The minimum Gasteiger partial charge on any atom is -0.481 e. The molecule has 0 bridgehead atoms. The van der Waals surface area contributed by atoms with E-state index in [9.17, 15) is 23.1 Å². The number of halogens is 3. The molecule has 11 heteroatoms. The Hall–Kier alpha value is -2.82. The van der Waals surface area contributed by atoms with Gasteiger partial charge >= 0.3 is 6.18 Å².